The lowest BCUT2D eigenvalue weighted by molar-refractivity contribution is -0.116. The van der Waals surface area contributed by atoms with E-state index in [0.717, 1.165) is 41.9 Å². The number of carbonyl (C=O) groups excluding carboxylic acids is 1. The Kier molecular flexibility index (Phi) is 13.4. The molecule has 1 amide bonds. The second-order valence-corrected chi connectivity index (χ2v) is 13.0. The van der Waals surface area contributed by atoms with E-state index >= 15 is 0 Å². The highest BCUT2D eigenvalue weighted by atomic mass is 35.5. The van der Waals surface area contributed by atoms with Gasteiger partial charge in [-0.1, -0.05) is 94.9 Å². The summed E-state index contributed by atoms with van der Waals surface area (Å²) in [6, 6.07) is 7.47. The molecule has 0 aliphatic carbocycles. The molecule has 0 spiro atoms. The van der Waals surface area contributed by atoms with Gasteiger partial charge >= 0.3 is 7.60 Å². The number of nitrogens with zero attached hydrogens (tertiary/aromatic N) is 3. The quantitative estimate of drug-likeness (QED) is 0.130. The largest absolute Gasteiger partial charge is 0.343 e. The van der Waals surface area contributed by atoms with Gasteiger partial charge in [-0.25, -0.2) is 0 Å². The van der Waals surface area contributed by atoms with Crippen LogP contribution in [0, 0.1) is 6.92 Å². The smallest absolute Gasteiger partial charge is 0.325 e. The second-order valence-electron chi connectivity index (χ2n) is 10.4. The molecule has 0 radical (unpaired) electrons. The van der Waals surface area contributed by atoms with Crippen molar-refractivity contribution in [3.63, 3.8) is 0 Å². The van der Waals surface area contributed by atoms with Crippen LogP contribution in [0.2, 0.25) is 5.02 Å². The Labute approximate surface area is 244 Å². The van der Waals surface area contributed by atoms with E-state index in [1.54, 1.807) is 18.6 Å². The summed E-state index contributed by atoms with van der Waals surface area (Å²) < 4.78 is 24.9. The van der Waals surface area contributed by atoms with Crippen molar-refractivity contribution in [2.75, 3.05) is 18.5 Å². The zero-order valence-electron chi connectivity index (χ0n) is 24.6. The summed E-state index contributed by atoms with van der Waals surface area (Å²) >= 11 is 6.34. The summed E-state index contributed by atoms with van der Waals surface area (Å²) in [5, 5.41) is 12.5. The van der Waals surface area contributed by atoms with Gasteiger partial charge < -0.3 is 14.4 Å². The first-order chi connectivity index (χ1) is 19.3. The maximum atomic E-state index is 13.7. The average Bonchev–Trinajstić information content (AvgIpc) is 3.46. The fourth-order valence-corrected chi connectivity index (χ4v) is 7.23. The number of hydrogen-bond acceptors (Lipinski definition) is 6. The molecule has 0 bridgehead atoms. The summed E-state index contributed by atoms with van der Waals surface area (Å²) in [6.07, 6.45) is 12.9. The number of fused-ring (bicyclic) bond motifs is 1. The van der Waals surface area contributed by atoms with Crippen LogP contribution in [-0.2, 0) is 24.8 Å². The van der Waals surface area contributed by atoms with Crippen molar-refractivity contribution in [1.29, 1.82) is 0 Å². The third kappa shape index (κ3) is 9.01. The number of carbonyl (C=O) groups is 1. The lowest BCUT2D eigenvalue weighted by atomic mass is 10.0. The van der Waals surface area contributed by atoms with Gasteiger partial charge in [-0.3, -0.25) is 9.36 Å². The van der Waals surface area contributed by atoms with Crippen molar-refractivity contribution in [2.24, 2.45) is 5.10 Å². The van der Waals surface area contributed by atoms with Crippen LogP contribution in [0.5, 0.6) is 0 Å². The standard InChI is InChI=1S/C30H46ClN4O4P/c1-5-8-9-10-11-12-13-14-15-16-17-28(40(37,38-6-2)39-7-3)30(36)32-25-20-18-24(19-21-25)26-22-27-29(31)23(4)33-35(27)34-26/h18-21,28H,5-17,22H2,1-4H3,(H,32,36). The van der Waals surface area contributed by atoms with Gasteiger partial charge in [0.2, 0.25) is 5.91 Å². The Morgan fingerprint density at radius 3 is 2.10 bits per heavy atom. The molecule has 2 heterocycles. The van der Waals surface area contributed by atoms with Gasteiger partial charge in [0.1, 0.15) is 5.66 Å². The molecule has 10 heteroatoms. The Morgan fingerprint density at radius 2 is 1.55 bits per heavy atom. The van der Waals surface area contributed by atoms with Gasteiger partial charge in [0.25, 0.3) is 0 Å². The van der Waals surface area contributed by atoms with Crippen LogP contribution in [0.25, 0.3) is 0 Å². The molecule has 1 aromatic heterocycles. The van der Waals surface area contributed by atoms with Crippen molar-refractivity contribution >= 4 is 36.5 Å². The maximum Gasteiger partial charge on any atom is 0.343 e. The van der Waals surface area contributed by atoms with Crippen molar-refractivity contribution in [3.05, 3.63) is 46.2 Å². The summed E-state index contributed by atoms with van der Waals surface area (Å²) in [5.41, 5.74) is 3.19. The highest BCUT2D eigenvalue weighted by Gasteiger charge is 2.40. The molecule has 3 rings (SSSR count). The molecule has 1 atom stereocenters. The first-order valence-electron chi connectivity index (χ1n) is 14.9. The van der Waals surface area contributed by atoms with Gasteiger partial charge in [-0.05, 0) is 44.9 Å². The number of benzene rings is 1. The van der Waals surface area contributed by atoms with E-state index in [9.17, 15) is 9.36 Å². The van der Waals surface area contributed by atoms with Crippen molar-refractivity contribution in [2.45, 2.75) is 110 Å². The summed E-state index contributed by atoms with van der Waals surface area (Å²) in [7, 11) is -3.62. The van der Waals surface area contributed by atoms with Gasteiger partial charge in [0, 0.05) is 12.1 Å². The van der Waals surface area contributed by atoms with Crippen LogP contribution in [0.15, 0.2) is 29.4 Å². The predicted molar refractivity (Wildman–Crippen MR) is 164 cm³/mol. The molecule has 1 aromatic carbocycles. The Morgan fingerprint density at radius 1 is 0.975 bits per heavy atom. The molecule has 1 aliphatic heterocycles. The predicted octanol–water partition coefficient (Wildman–Crippen LogP) is 8.54. The molecule has 1 unspecified atom stereocenters. The highest BCUT2D eigenvalue weighted by molar-refractivity contribution is 7.55. The molecule has 222 valence electrons. The number of unbranched alkanes of at least 4 members (excludes halogenated alkanes) is 9. The molecule has 0 saturated heterocycles. The molecule has 0 fully saturated rings. The van der Waals surface area contributed by atoms with Gasteiger partial charge in [-0.15, -0.1) is 0 Å². The van der Waals surface area contributed by atoms with E-state index < -0.39 is 13.3 Å². The molecule has 1 aliphatic rings. The van der Waals surface area contributed by atoms with E-state index in [0.29, 0.717) is 23.6 Å². The van der Waals surface area contributed by atoms with Gasteiger partial charge in [-0.2, -0.15) is 15.0 Å². The van der Waals surface area contributed by atoms with Crippen molar-refractivity contribution in [3.8, 4) is 0 Å². The SMILES string of the molecule is CCCCCCCCCCCCC(C(=O)Nc1ccc(C2=Nn3nc(C)c(Cl)c3C2)cc1)P(=O)(OCC)OCC. The molecule has 8 nitrogen and oxygen atoms in total. The maximum absolute atomic E-state index is 13.7. The third-order valence-electron chi connectivity index (χ3n) is 7.23. The lowest BCUT2D eigenvalue weighted by Gasteiger charge is -2.25. The summed E-state index contributed by atoms with van der Waals surface area (Å²) in [5.74, 6) is -0.338. The van der Waals surface area contributed by atoms with E-state index in [-0.39, 0.29) is 19.1 Å². The van der Waals surface area contributed by atoms with Gasteiger partial charge in [0.15, 0.2) is 0 Å². The zero-order valence-corrected chi connectivity index (χ0v) is 26.2. The Balaban J connectivity index is 1.57. The molecule has 2 aromatic rings. The number of halogens is 1. The van der Waals surface area contributed by atoms with Crippen molar-refractivity contribution in [1.82, 2.24) is 9.89 Å². The molecule has 1 N–H and O–H groups in total. The number of aromatic nitrogens is 2. The number of anilines is 1. The minimum atomic E-state index is -3.62. The zero-order chi connectivity index (χ0) is 29.0. The topological polar surface area (TPSA) is 94.8 Å². The second kappa shape index (κ2) is 16.5. The average molecular weight is 593 g/mol. The van der Waals surface area contributed by atoms with Crippen LogP contribution in [0.4, 0.5) is 5.69 Å². The van der Waals surface area contributed by atoms with E-state index in [1.165, 1.54) is 44.9 Å². The fourth-order valence-electron chi connectivity index (χ4n) is 5.05. The number of aryl methyl sites for hydroxylation is 1. The van der Waals surface area contributed by atoms with Crippen LogP contribution >= 0.6 is 19.2 Å². The minimum absolute atomic E-state index is 0.219. The first-order valence-corrected chi connectivity index (χ1v) is 16.9. The number of hydrogen-bond donors (Lipinski definition) is 1. The lowest BCUT2D eigenvalue weighted by Crippen LogP contribution is -2.29. The monoisotopic (exact) mass is 592 g/mol. The molecular formula is C30H46ClN4O4P. The van der Waals surface area contributed by atoms with Crippen LogP contribution in [0.1, 0.15) is 108 Å². The van der Waals surface area contributed by atoms with Crippen LogP contribution in [-0.4, -0.2) is 40.4 Å². The first kappa shape index (κ1) is 32.5. The summed E-state index contributed by atoms with van der Waals surface area (Å²) in [4.78, 5) is 15.0. The van der Waals surface area contributed by atoms with Gasteiger partial charge in [0.05, 0.1) is 35.3 Å². The highest BCUT2D eigenvalue weighted by Crippen LogP contribution is 2.55. The number of amides is 1. The molecule has 40 heavy (non-hydrogen) atoms. The Hall–Kier alpha value is -1.99. The van der Waals surface area contributed by atoms with Crippen LogP contribution < -0.4 is 5.32 Å². The molecular weight excluding hydrogens is 547 g/mol. The summed E-state index contributed by atoms with van der Waals surface area (Å²) in [6.45, 7) is 8.08. The third-order valence-corrected chi connectivity index (χ3v) is 10.2. The van der Waals surface area contributed by atoms with E-state index in [4.69, 9.17) is 20.6 Å². The normalized spacial score (nSPS) is 13.8. The number of nitrogens with one attached hydrogen (secondary N) is 1. The molecule has 0 saturated carbocycles. The van der Waals surface area contributed by atoms with Crippen molar-refractivity contribution < 1.29 is 18.4 Å². The van der Waals surface area contributed by atoms with Crippen LogP contribution in [0.3, 0.4) is 0 Å². The fraction of sp³-hybridized carbons (Fsp3) is 0.633. The Bertz CT molecular complexity index is 1160. The van der Waals surface area contributed by atoms with E-state index in [2.05, 4.69) is 22.4 Å². The van der Waals surface area contributed by atoms with E-state index in [1.807, 2.05) is 31.2 Å². The number of rotatable bonds is 19. The minimum Gasteiger partial charge on any atom is -0.325 e.